The third-order valence-corrected chi connectivity index (χ3v) is 5.03. The van der Waals surface area contributed by atoms with Gasteiger partial charge in [-0.05, 0) is 37.9 Å². The Labute approximate surface area is 162 Å². The van der Waals surface area contributed by atoms with E-state index in [0.29, 0.717) is 28.3 Å². The minimum absolute atomic E-state index is 0.0547. The number of hydrogen-bond acceptors (Lipinski definition) is 6. The summed E-state index contributed by atoms with van der Waals surface area (Å²) in [7, 11) is 0. The van der Waals surface area contributed by atoms with E-state index in [4.69, 9.17) is 0 Å². The molecule has 1 saturated heterocycles. The summed E-state index contributed by atoms with van der Waals surface area (Å²) in [6.45, 7) is 1.23. The molecule has 1 aliphatic rings. The zero-order chi connectivity index (χ0) is 20.1. The van der Waals surface area contributed by atoms with Gasteiger partial charge in [-0.2, -0.15) is 0 Å². The van der Waals surface area contributed by atoms with Gasteiger partial charge in [0.25, 0.3) is 0 Å². The number of hydrogen-bond donors (Lipinski definition) is 3. The third-order valence-electron chi connectivity index (χ3n) is 4.10. The molecule has 3 N–H and O–H groups in total. The van der Waals surface area contributed by atoms with Crippen LogP contribution in [-0.2, 0) is 9.59 Å². The van der Waals surface area contributed by atoms with Crippen LogP contribution in [0, 0.1) is 0 Å². The summed E-state index contributed by atoms with van der Waals surface area (Å²) in [5.41, 5.74) is 0.464. The van der Waals surface area contributed by atoms with Crippen molar-refractivity contribution in [3.8, 4) is 5.75 Å². The van der Waals surface area contributed by atoms with Gasteiger partial charge in [0.15, 0.2) is 5.13 Å². The number of halogens is 3. The van der Waals surface area contributed by atoms with Crippen LogP contribution in [0.3, 0.4) is 0 Å². The van der Waals surface area contributed by atoms with Gasteiger partial charge in [-0.3, -0.25) is 9.59 Å². The molecule has 0 radical (unpaired) electrons. The van der Waals surface area contributed by atoms with Crippen LogP contribution in [-0.4, -0.2) is 42.3 Å². The minimum Gasteiger partial charge on any atom is -0.406 e. The summed E-state index contributed by atoms with van der Waals surface area (Å²) in [6, 6.07) is 3.64. The molecular formula is C17H19F3N4O3S. The fourth-order valence-corrected chi connectivity index (χ4v) is 3.74. The quantitative estimate of drug-likeness (QED) is 0.604. The van der Waals surface area contributed by atoms with E-state index >= 15 is 0 Å². The predicted molar refractivity (Wildman–Crippen MR) is 98.2 cm³/mol. The molecule has 0 aliphatic carbocycles. The van der Waals surface area contributed by atoms with E-state index in [1.54, 1.807) is 0 Å². The van der Waals surface area contributed by atoms with Crippen molar-refractivity contribution in [3.05, 3.63) is 18.2 Å². The van der Waals surface area contributed by atoms with Crippen molar-refractivity contribution in [3.63, 3.8) is 0 Å². The molecule has 1 fully saturated rings. The Morgan fingerprint density at radius 1 is 1.36 bits per heavy atom. The van der Waals surface area contributed by atoms with Crippen LogP contribution in [0.4, 0.5) is 18.3 Å². The molecule has 3 rings (SSSR count). The third kappa shape index (κ3) is 5.80. The standard InChI is InChI=1S/C17H19F3N4O3S/c18-17(19,20)27-10-5-6-11-13(9-10)28-16(23-11)24-14(25)4-2-8-22-15(26)12-3-1-7-21-12/h5-6,9,12,21H,1-4,7-8H2,(H,22,26)(H,23,24,25)/t12-/m0/s1. The smallest absolute Gasteiger partial charge is 0.406 e. The second-order valence-corrected chi connectivity index (χ2v) is 7.32. The summed E-state index contributed by atoms with van der Waals surface area (Å²) in [4.78, 5) is 28.0. The van der Waals surface area contributed by atoms with Crippen LogP contribution in [0.25, 0.3) is 10.2 Å². The largest absolute Gasteiger partial charge is 0.573 e. The molecule has 0 bridgehead atoms. The van der Waals surface area contributed by atoms with Crippen LogP contribution < -0.4 is 20.7 Å². The molecule has 1 atom stereocenters. The van der Waals surface area contributed by atoms with E-state index < -0.39 is 6.36 Å². The monoisotopic (exact) mass is 416 g/mol. The number of rotatable bonds is 7. The second-order valence-electron chi connectivity index (χ2n) is 6.29. The molecule has 0 saturated carbocycles. The average molecular weight is 416 g/mol. The van der Waals surface area contributed by atoms with Crippen LogP contribution in [0.5, 0.6) is 5.75 Å². The van der Waals surface area contributed by atoms with Gasteiger partial charge in [-0.1, -0.05) is 11.3 Å². The van der Waals surface area contributed by atoms with Crippen LogP contribution in [0.2, 0.25) is 0 Å². The summed E-state index contributed by atoms with van der Waals surface area (Å²) in [6.07, 6.45) is -2.31. The lowest BCUT2D eigenvalue weighted by Crippen LogP contribution is -2.40. The van der Waals surface area contributed by atoms with E-state index in [0.717, 1.165) is 30.7 Å². The summed E-state index contributed by atoms with van der Waals surface area (Å²) < 4.78 is 41.2. The Morgan fingerprint density at radius 3 is 2.89 bits per heavy atom. The first-order valence-electron chi connectivity index (χ1n) is 8.77. The number of carbonyl (C=O) groups is 2. The van der Waals surface area contributed by atoms with E-state index in [-0.39, 0.29) is 30.0 Å². The fraction of sp³-hybridized carbons (Fsp3) is 0.471. The highest BCUT2D eigenvalue weighted by Gasteiger charge is 2.31. The van der Waals surface area contributed by atoms with Crippen molar-refractivity contribution in [2.45, 2.75) is 38.1 Å². The van der Waals surface area contributed by atoms with Crippen molar-refractivity contribution in [1.82, 2.24) is 15.6 Å². The zero-order valence-electron chi connectivity index (χ0n) is 14.8. The van der Waals surface area contributed by atoms with E-state index in [1.165, 1.54) is 18.2 Å². The number of nitrogens with one attached hydrogen (secondary N) is 3. The maximum Gasteiger partial charge on any atom is 0.573 e. The number of carbonyl (C=O) groups excluding carboxylic acids is 2. The van der Waals surface area contributed by atoms with E-state index in [1.807, 2.05) is 0 Å². The summed E-state index contributed by atoms with van der Waals surface area (Å²) >= 11 is 1.06. The molecule has 2 heterocycles. The minimum atomic E-state index is -4.77. The maximum absolute atomic E-state index is 12.3. The number of thiazole rings is 1. The number of alkyl halides is 3. The number of aromatic nitrogens is 1. The molecule has 0 unspecified atom stereocenters. The molecule has 11 heteroatoms. The second kappa shape index (κ2) is 8.74. The molecule has 7 nitrogen and oxygen atoms in total. The topological polar surface area (TPSA) is 92.4 Å². The zero-order valence-corrected chi connectivity index (χ0v) is 15.6. The van der Waals surface area contributed by atoms with Gasteiger partial charge in [0.05, 0.1) is 16.3 Å². The molecule has 2 amide bonds. The SMILES string of the molecule is O=C(CCCNC(=O)[C@@H]1CCCN1)Nc1nc2ccc(OC(F)(F)F)cc2s1. The Bertz CT molecular complexity index is 850. The number of nitrogens with zero attached hydrogens (tertiary/aromatic N) is 1. The lowest BCUT2D eigenvalue weighted by atomic mass is 10.2. The van der Waals surface area contributed by atoms with E-state index in [9.17, 15) is 22.8 Å². The van der Waals surface area contributed by atoms with Gasteiger partial charge in [0, 0.05) is 19.0 Å². The van der Waals surface area contributed by atoms with Gasteiger partial charge in [-0.25, -0.2) is 4.98 Å². The van der Waals surface area contributed by atoms with Crippen LogP contribution in [0.1, 0.15) is 25.7 Å². The van der Waals surface area contributed by atoms with Crippen LogP contribution >= 0.6 is 11.3 Å². The number of ether oxygens (including phenoxy) is 1. The number of anilines is 1. The molecule has 2 aromatic rings. The van der Waals surface area contributed by atoms with Crippen molar-refractivity contribution in [2.24, 2.45) is 0 Å². The lowest BCUT2D eigenvalue weighted by Gasteiger charge is -2.10. The fourth-order valence-electron chi connectivity index (χ4n) is 2.83. The highest BCUT2D eigenvalue weighted by atomic mass is 32.1. The highest BCUT2D eigenvalue weighted by molar-refractivity contribution is 7.22. The number of benzene rings is 1. The van der Waals surface area contributed by atoms with Gasteiger partial charge in [0.2, 0.25) is 11.8 Å². The summed E-state index contributed by atoms with van der Waals surface area (Å²) in [5.74, 6) is -0.672. The molecule has 0 spiro atoms. The highest BCUT2D eigenvalue weighted by Crippen LogP contribution is 2.31. The molecule has 1 aliphatic heterocycles. The average Bonchev–Trinajstić information content (AvgIpc) is 3.26. The van der Waals surface area contributed by atoms with Crippen molar-refractivity contribution in [2.75, 3.05) is 18.4 Å². The lowest BCUT2D eigenvalue weighted by molar-refractivity contribution is -0.274. The van der Waals surface area contributed by atoms with E-state index in [2.05, 4.69) is 25.7 Å². The Hall–Kier alpha value is -2.40. The number of amides is 2. The first-order chi connectivity index (χ1) is 13.3. The molecule has 28 heavy (non-hydrogen) atoms. The number of fused-ring (bicyclic) bond motifs is 1. The predicted octanol–water partition coefficient (Wildman–Crippen LogP) is 2.78. The first-order valence-corrected chi connectivity index (χ1v) is 9.59. The molecular weight excluding hydrogens is 397 g/mol. The normalized spacial score (nSPS) is 16.9. The van der Waals surface area contributed by atoms with Gasteiger partial charge in [0.1, 0.15) is 5.75 Å². The van der Waals surface area contributed by atoms with Gasteiger partial charge in [-0.15, -0.1) is 13.2 Å². The van der Waals surface area contributed by atoms with Gasteiger partial charge >= 0.3 is 6.36 Å². The van der Waals surface area contributed by atoms with Crippen molar-refractivity contribution < 1.29 is 27.5 Å². The van der Waals surface area contributed by atoms with Crippen LogP contribution in [0.15, 0.2) is 18.2 Å². The Kier molecular flexibility index (Phi) is 6.35. The van der Waals surface area contributed by atoms with Crippen molar-refractivity contribution in [1.29, 1.82) is 0 Å². The summed E-state index contributed by atoms with van der Waals surface area (Å²) in [5, 5.41) is 8.81. The van der Waals surface area contributed by atoms with Crippen molar-refractivity contribution >= 4 is 38.5 Å². The van der Waals surface area contributed by atoms with Gasteiger partial charge < -0.3 is 20.7 Å². The first kappa shape index (κ1) is 20.3. The Morgan fingerprint density at radius 2 is 2.18 bits per heavy atom. The maximum atomic E-state index is 12.3. The Balaban J connectivity index is 1.45. The molecule has 152 valence electrons. The molecule has 1 aromatic carbocycles. The molecule has 1 aromatic heterocycles.